The molecule has 188 valence electrons. The quantitative estimate of drug-likeness (QED) is 0.133. The number of esters is 1. The average Bonchev–Trinajstić information content (AvgIpc) is 3.20. The lowest BCUT2D eigenvalue weighted by Crippen LogP contribution is -2.71. The van der Waals surface area contributed by atoms with Gasteiger partial charge in [0.1, 0.15) is 35.5 Å². The molecule has 1 fully saturated rings. The van der Waals surface area contributed by atoms with E-state index in [9.17, 15) is 29.1 Å². The fourth-order valence-corrected chi connectivity index (χ4v) is 5.09. The van der Waals surface area contributed by atoms with Gasteiger partial charge in [-0.05, 0) is 6.92 Å². The molecule has 2 aliphatic heterocycles. The molecule has 0 radical (unpaired) electrons. The van der Waals surface area contributed by atoms with Crippen LogP contribution in [0, 0.1) is 0 Å². The second kappa shape index (κ2) is 10.7. The van der Waals surface area contributed by atoms with Crippen molar-refractivity contribution in [1.29, 1.82) is 0 Å². The molecule has 14 nitrogen and oxygen atoms in total. The number of carboxylic acids is 2. The van der Waals surface area contributed by atoms with Crippen molar-refractivity contribution < 1.29 is 43.8 Å². The van der Waals surface area contributed by atoms with E-state index in [0.29, 0.717) is 0 Å². The fraction of sp³-hybridized carbons (Fsp3) is 0.421. The summed E-state index contributed by atoms with van der Waals surface area (Å²) in [5, 5.41) is 25.6. The molecule has 1 aromatic heterocycles. The summed E-state index contributed by atoms with van der Waals surface area (Å²) in [6.45, 7) is 2.36. The van der Waals surface area contributed by atoms with Gasteiger partial charge in [0.15, 0.2) is 10.8 Å². The number of carbonyl (C=O) groups excluding carboxylic acids is 3. The Hall–Kier alpha value is -3.66. The first-order valence-electron chi connectivity index (χ1n) is 10.0. The van der Waals surface area contributed by atoms with Crippen LogP contribution in [0.25, 0.3) is 0 Å². The Labute approximate surface area is 206 Å². The van der Waals surface area contributed by atoms with Crippen molar-refractivity contribution in [2.24, 2.45) is 5.16 Å². The van der Waals surface area contributed by atoms with Crippen LogP contribution in [0.15, 0.2) is 21.8 Å². The molecule has 0 aliphatic carbocycles. The first-order chi connectivity index (χ1) is 16.5. The zero-order valence-corrected chi connectivity index (χ0v) is 20.1. The number of rotatable bonds is 10. The molecule has 5 N–H and O–H groups in total. The van der Waals surface area contributed by atoms with Crippen molar-refractivity contribution in [2.45, 2.75) is 37.8 Å². The number of nitrogen functional groups attached to an aromatic ring is 1. The van der Waals surface area contributed by atoms with Crippen LogP contribution in [-0.4, -0.2) is 85.4 Å². The second-order valence-corrected chi connectivity index (χ2v) is 9.42. The number of hydrogen-bond acceptors (Lipinski definition) is 12. The minimum absolute atomic E-state index is 0.0576. The number of nitrogens with one attached hydrogen (secondary N) is 1. The van der Waals surface area contributed by atoms with E-state index in [4.69, 9.17) is 20.4 Å². The van der Waals surface area contributed by atoms with Crippen molar-refractivity contribution in [2.75, 3.05) is 18.1 Å². The maximum absolute atomic E-state index is 13.0. The van der Waals surface area contributed by atoms with Crippen LogP contribution in [0.3, 0.4) is 0 Å². The second-order valence-electron chi connectivity index (χ2n) is 7.42. The van der Waals surface area contributed by atoms with Gasteiger partial charge in [0.25, 0.3) is 11.8 Å². The third-order valence-electron chi connectivity index (χ3n) is 4.75. The number of carbonyl (C=O) groups is 5. The third kappa shape index (κ3) is 5.89. The molecule has 0 bridgehead atoms. The smallest absolute Gasteiger partial charge is 0.352 e. The number of hydrogen-bond donors (Lipinski definition) is 4. The Kier molecular flexibility index (Phi) is 7.96. The van der Waals surface area contributed by atoms with Gasteiger partial charge in [-0.15, -0.1) is 23.1 Å². The van der Waals surface area contributed by atoms with Gasteiger partial charge in [-0.2, -0.15) is 0 Å². The minimum atomic E-state index is -1.36. The van der Waals surface area contributed by atoms with Gasteiger partial charge in [0.05, 0.1) is 6.42 Å². The lowest BCUT2D eigenvalue weighted by atomic mass is 10.0. The number of aliphatic carboxylic acids is 2. The lowest BCUT2D eigenvalue weighted by Gasteiger charge is -2.49. The van der Waals surface area contributed by atoms with Gasteiger partial charge in [0, 0.05) is 23.6 Å². The van der Waals surface area contributed by atoms with Crippen LogP contribution in [0.2, 0.25) is 0 Å². The molecular weight excluding hydrogens is 506 g/mol. The van der Waals surface area contributed by atoms with Crippen LogP contribution < -0.4 is 11.1 Å². The summed E-state index contributed by atoms with van der Waals surface area (Å²) in [4.78, 5) is 69.7. The van der Waals surface area contributed by atoms with E-state index in [2.05, 4.69) is 15.5 Å². The fourth-order valence-electron chi connectivity index (χ4n) is 3.22. The van der Waals surface area contributed by atoms with Gasteiger partial charge in [-0.1, -0.05) is 5.16 Å². The molecule has 0 saturated carbocycles. The molecule has 0 aromatic carbocycles. The Morgan fingerprint density at radius 2 is 2.09 bits per heavy atom. The highest BCUT2D eigenvalue weighted by atomic mass is 32.2. The Balaban J connectivity index is 1.78. The number of thiazole rings is 1. The predicted molar refractivity (Wildman–Crippen MR) is 122 cm³/mol. The van der Waals surface area contributed by atoms with E-state index in [1.165, 1.54) is 31.0 Å². The predicted octanol–water partition coefficient (Wildman–Crippen LogP) is -0.389. The number of thioether (sulfide) groups is 1. The highest BCUT2D eigenvalue weighted by Gasteiger charge is 2.54. The molecule has 1 unspecified atom stereocenters. The summed E-state index contributed by atoms with van der Waals surface area (Å²) >= 11 is 2.22. The van der Waals surface area contributed by atoms with E-state index in [1.807, 2.05) is 0 Å². The number of ether oxygens (including phenoxy) is 1. The van der Waals surface area contributed by atoms with Gasteiger partial charge < -0.3 is 30.8 Å². The summed E-state index contributed by atoms with van der Waals surface area (Å²) in [5.74, 6) is -4.44. The van der Waals surface area contributed by atoms with Gasteiger partial charge in [-0.25, -0.2) is 9.78 Å². The van der Waals surface area contributed by atoms with E-state index in [0.717, 1.165) is 16.2 Å². The number of nitrogens with two attached hydrogens (primary N) is 1. The summed E-state index contributed by atoms with van der Waals surface area (Å²) < 4.78 is 4.88. The van der Waals surface area contributed by atoms with Gasteiger partial charge in [0.2, 0.25) is 0 Å². The number of nitrogens with zero attached hydrogens (tertiary/aromatic N) is 3. The molecular formula is C19H21N5O9S2. The Morgan fingerprint density at radius 3 is 2.66 bits per heavy atom. The molecule has 2 aliphatic rings. The summed E-state index contributed by atoms with van der Waals surface area (Å²) in [5.41, 5.74) is 5.33. The molecule has 0 spiro atoms. The van der Waals surface area contributed by atoms with Crippen LogP contribution in [0.4, 0.5) is 5.13 Å². The lowest BCUT2D eigenvalue weighted by molar-refractivity contribution is -0.150. The van der Waals surface area contributed by atoms with Crippen LogP contribution >= 0.6 is 23.1 Å². The standard InChI is InChI=1S/C19H21N5O9S2/c1-7(3-11(26)27)33-23-12(10-6-35-19(20)21-10)15(28)22-13-16(29)24-14(18(30)31)9(4-32-8(2)25)5-34-17(13)24/h6-7,13,17H,3-5H2,1-2H3,(H2,20,21)(H,22,28)(H,26,27)(H,30,31)/b23-12-/t7?,13-,17-/m1/s1. The summed E-state index contributed by atoms with van der Waals surface area (Å²) in [6, 6.07) is -1.07. The van der Waals surface area contributed by atoms with Crippen LogP contribution in [0.1, 0.15) is 26.0 Å². The number of aromatic nitrogens is 1. The summed E-state index contributed by atoms with van der Waals surface area (Å²) in [7, 11) is 0. The number of amides is 2. The van der Waals surface area contributed by atoms with Crippen molar-refractivity contribution in [3.8, 4) is 0 Å². The molecule has 35 heavy (non-hydrogen) atoms. The highest BCUT2D eigenvalue weighted by molar-refractivity contribution is 8.00. The molecule has 2 amide bonds. The molecule has 1 saturated heterocycles. The van der Waals surface area contributed by atoms with E-state index >= 15 is 0 Å². The average molecular weight is 528 g/mol. The van der Waals surface area contributed by atoms with E-state index in [1.54, 1.807) is 0 Å². The minimum Gasteiger partial charge on any atom is -0.481 e. The summed E-state index contributed by atoms with van der Waals surface area (Å²) in [6.07, 6.45) is -1.23. The zero-order chi connectivity index (χ0) is 25.9. The van der Waals surface area contributed by atoms with Gasteiger partial charge in [-0.3, -0.25) is 24.1 Å². The van der Waals surface area contributed by atoms with Crippen molar-refractivity contribution in [3.05, 3.63) is 22.3 Å². The van der Waals surface area contributed by atoms with Crippen LogP contribution in [-0.2, 0) is 33.5 Å². The molecule has 3 rings (SSSR count). The van der Waals surface area contributed by atoms with Gasteiger partial charge >= 0.3 is 17.9 Å². The zero-order valence-electron chi connectivity index (χ0n) is 18.4. The SMILES string of the molecule is CC(=O)OCC1=C(C(=O)O)N2C(=O)[C@@H](NC(=O)/C(=N\OC(C)CC(=O)O)c3csc(N)n3)[C@H]2SC1. The molecule has 3 heterocycles. The number of fused-ring (bicyclic) bond motifs is 1. The number of β-lactam (4-membered cyclic amide) rings is 1. The monoisotopic (exact) mass is 527 g/mol. The van der Waals surface area contributed by atoms with Crippen molar-refractivity contribution in [1.82, 2.24) is 15.2 Å². The third-order valence-corrected chi connectivity index (χ3v) is 6.77. The largest absolute Gasteiger partial charge is 0.481 e. The maximum Gasteiger partial charge on any atom is 0.352 e. The number of anilines is 1. The number of carboxylic acid groups (broad SMARTS) is 2. The molecule has 1 aromatic rings. The first-order valence-corrected chi connectivity index (χ1v) is 11.9. The first kappa shape index (κ1) is 26.0. The van der Waals surface area contributed by atoms with E-state index in [-0.39, 0.29) is 46.6 Å². The van der Waals surface area contributed by atoms with Crippen LogP contribution in [0.5, 0.6) is 0 Å². The highest BCUT2D eigenvalue weighted by Crippen LogP contribution is 2.40. The molecule has 16 heteroatoms. The topological polar surface area (TPSA) is 211 Å². The van der Waals surface area contributed by atoms with E-state index < -0.39 is 47.2 Å². The van der Waals surface area contributed by atoms with Crippen molar-refractivity contribution in [3.63, 3.8) is 0 Å². The maximum atomic E-state index is 13.0. The Morgan fingerprint density at radius 1 is 1.37 bits per heavy atom. The van der Waals surface area contributed by atoms with Crippen molar-refractivity contribution >= 4 is 63.7 Å². The molecule has 3 atom stereocenters. The normalized spacial score (nSPS) is 20.5. The number of oxime groups is 1. The Bertz CT molecular complexity index is 1130.